The van der Waals surface area contributed by atoms with Gasteiger partial charge in [-0.2, -0.15) is 0 Å². The number of sulfonamides is 1. The first kappa shape index (κ1) is 27.0. The summed E-state index contributed by atoms with van der Waals surface area (Å²) in [4.78, 5) is 27.6. The molecule has 0 fully saturated rings. The summed E-state index contributed by atoms with van der Waals surface area (Å²) in [7, 11) is -3.81. The van der Waals surface area contributed by atoms with E-state index in [0.717, 1.165) is 21.7 Å². The predicted octanol–water partition coefficient (Wildman–Crippen LogP) is 4.01. The molecule has 2 rings (SSSR count). The Hall–Kier alpha value is -2.29. The molecule has 0 aliphatic carbocycles. The molecule has 7 nitrogen and oxygen atoms in total. The van der Waals surface area contributed by atoms with Crippen LogP contribution < -0.4 is 9.62 Å². The van der Waals surface area contributed by atoms with Crippen LogP contribution in [0.2, 0.25) is 10.0 Å². The van der Waals surface area contributed by atoms with Crippen molar-refractivity contribution >= 4 is 50.7 Å². The number of nitrogens with one attached hydrogen (secondary N) is 1. The highest BCUT2D eigenvalue weighted by Gasteiger charge is 2.31. The normalized spacial score (nSPS) is 12.2. The second-order valence-corrected chi connectivity index (χ2v) is 10.4. The molecule has 180 valence electrons. The molecule has 0 spiro atoms. The zero-order valence-corrected chi connectivity index (χ0v) is 21.5. The Morgan fingerprint density at radius 1 is 1.06 bits per heavy atom. The Labute approximate surface area is 205 Å². The summed E-state index contributed by atoms with van der Waals surface area (Å²) in [5.41, 5.74) is 1.82. The number of carbonyl (C=O) groups excluding carboxylic acids is 2. The molecule has 33 heavy (non-hydrogen) atoms. The van der Waals surface area contributed by atoms with Crippen LogP contribution >= 0.6 is 23.2 Å². The van der Waals surface area contributed by atoms with Gasteiger partial charge in [0, 0.05) is 23.1 Å². The van der Waals surface area contributed by atoms with Crippen molar-refractivity contribution in [2.45, 2.75) is 39.8 Å². The van der Waals surface area contributed by atoms with Gasteiger partial charge in [-0.25, -0.2) is 8.42 Å². The minimum atomic E-state index is -3.81. The summed E-state index contributed by atoms with van der Waals surface area (Å²) in [6, 6.07) is 11.0. The molecule has 10 heteroatoms. The summed E-state index contributed by atoms with van der Waals surface area (Å²) in [6.07, 6.45) is 1.39. The second-order valence-electron chi connectivity index (χ2n) is 7.67. The smallest absolute Gasteiger partial charge is 0.244 e. The number of nitrogens with zero attached hydrogens (tertiary/aromatic N) is 2. The lowest BCUT2D eigenvalue weighted by atomic mass is 10.1. The highest BCUT2D eigenvalue weighted by atomic mass is 35.5. The molecule has 2 amide bonds. The van der Waals surface area contributed by atoms with E-state index in [0.29, 0.717) is 23.0 Å². The number of carbonyl (C=O) groups is 2. The number of amides is 2. The summed E-state index contributed by atoms with van der Waals surface area (Å²) >= 11 is 12.2. The molecular formula is C23H29Cl2N3O4S. The number of rotatable bonds is 10. The van der Waals surface area contributed by atoms with Crippen molar-refractivity contribution < 1.29 is 18.0 Å². The van der Waals surface area contributed by atoms with Crippen molar-refractivity contribution in [3.8, 4) is 0 Å². The average Bonchev–Trinajstić information content (AvgIpc) is 2.74. The summed E-state index contributed by atoms with van der Waals surface area (Å²) in [6.45, 7) is 5.46. The van der Waals surface area contributed by atoms with E-state index in [4.69, 9.17) is 23.2 Å². The summed E-state index contributed by atoms with van der Waals surface area (Å²) < 4.78 is 26.2. The summed E-state index contributed by atoms with van der Waals surface area (Å²) in [5, 5.41) is 3.69. The highest BCUT2D eigenvalue weighted by Crippen LogP contribution is 2.25. The minimum Gasteiger partial charge on any atom is -0.355 e. The molecule has 0 aliphatic heterocycles. The quantitative estimate of drug-likeness (QED) is 0.519. The molecular weight excluding hydrogens is 485 g/mol. The van der Waals surface area contributed by atoms with Crippen LogP contribution in [0.4, 0.5) is 5.69 Å². The molecule has 0 aliphatic rings. The van der Waals surface area contributed by atoms with Gasteiger partial charge in [-0.1, -0.05) is 48.3 Å². The van der Waals surface area contributed by atoms with Gasteiger partial charge in [0.05, 0.1) is 11.9 Å². The molecule has 2 aromatic carbocycles. The highest BCUT2D eigenvalue weighted by molar-refractivity contribution is 7.92. The number of hydrogen-bond acceptors (Lipinski definition) is 4. The van der Waals surface area contributed by atoms with Gasteiger partial charge in [0.2, 0.25) is 21.8 Å². The number of anilines is 1. The molecule has 0 saturated carbocycles. The number of halogens is 2. The SMILES string of the molecule is CCNC(=O)[C@@H](CC)N(Cc1ccc(Cl)cc1)C(=O)CN(c1ccc(C)c(Cl)c1)S(C)(=O)=O. The third-order valence-electron chi connectivity index (χ3n) is 5.13. The van der Waals surface area contributed by atoms with Crippen LogP contribution in [-0.4, -0.2) is 50.5 Å². The Morgan fingerprint density at radius 2 is 1.70 bits per heavy atom. The van der Waals surface area contributed by atoms with Crippen LogP contribution in [0.5, 0.6) is 0 Å². The van der Waals surface area contributed by atoms with E-state index in [-0.39, 0.29) is 18.1 Å². The first-order chi connectivity index (χ1) is 15.5. The van der Waals surface area contributed by atoms with Crippen LogP contribution in [0.15, 0.2) is 42.5 Å². The van der Waals surface area contributed by atoms with Gasteiger partial charge in [0.1, 0.15) is 12.6 Å². The van der Waals surface area contributed by atoms with E-state index in [1.807, 2.05) is 0 Å². The van der Waals surface area contributed by atoms with E-state index < -0.39 is 28.5 Å². The standard InChI is InChI=1S/C23H29Cl2N3O4S/c1-5-21(23(30)26-6-2)27(14-17-8-10-18(24)11-9-17)22(29)15-28(33(4,31)32)19-12-7-16(3)20(25)13-19/h7-13,21H,5-6,14-15H2,1-4H3,(H,26,30)/t21-/m1/s1. The van der Waals surface area contributed by atoms with Crippen LogP contribution in [0.25, 0.3) is 0 Å². The van der Waals surface area contributed by atoms with Crippen LogP contribution in [-0.2, 0) is 26.2 Å². The van der Waals surface area contributed by atoms with Gasteiger partial charge in [0.25, 0.3) is 0 Å². The van der Waals surface area contributed by atoms with Gasteiger partial charge in [-0.3, -0.25) is 13.9 Å². The molecule has 0 heterocycles. The van der Waals surface area contributed by atoms with E-state index in [1.54, 1.807) is 57.2 Å². The van der Waals surface area contributed by atoms with Crippen molar-refractivity contribution in [3.63, 3.8) is 0 Å². The number of aryl methyl sites for hydroxylation is 1. The van der Waals surface area contributed by atoms with Crippen molar-refractivity contribution in [3.05, 3.63) is 63.6 Å². The number of hydrogen-bond donors (Lipinski definition) is 1. The van der Waals surface area contributed by atoms with Gasteiger partial charge in [-0.15, -0.1) is 0 Å². The molecule has 2 aromatic rings. The van der Waals surface area contributed by atoms with Crippen LogP contribution in [0.1, 0.15) is 31.4 Å². The van der Waals surface area contributed by atoms with Crippen molar-refractivity contribution in [1.82, 2.24) is 10.2 Å². The largest absolute Gasteiger partial charge is 0.355 e. The maximum Gasteiger partial charge on any atom is 0.244 e. The van der Waals surface area contributed by atoms with Gasteiger partial charge < -0.3 is 10.2 Å². The second kappa shape index (κ2) is 11.7. The zero-order valence-electron chi connectivity index (χ0n) is 19.1. The van der Waals surface area contributed by atoms with Gasteiger partial charge in [0.15, 0.2) is 0 Å². The lowest BCUT2D eigenvalue weighted by Gasteiger charge is -2.32. The minimum absolute atomic E-state index is 0.123. The van der Waals surface area contributed by atoms with E-state index in [2.05, 4.69) is 5.32 Å². The molecule has 0 saturated heterocycles. The fraction of sp³-hybridized carbons (Fsp3) is 0.391. The number of likely N-dealkylation sites (N-methyl/N-ethyl adjacent to an activating group) is 1. The lowest BCUT2D eigenvalue weighted by molar-refractivity contribution is -0.140. The number of benzene rings is 2. The molecule has 0 unspecified atom stereocenters. The van der Waals surface area contributed by atoms with Crippen LogP contribution in [0, 0.1) is 6.92 Å². The molecule has 1 N–H and O–H groups in total. The predicted molar refractivity (Wildman–Crippen MR) is 133 cm³/mol. The first-order valence-corrected chi connectivity index (χ1v) is 13.1. The molecule has 0 bridgehead atoms. The topological polar surface area (TPSA) is 86.8 Å². The van der Waals surface area contributed by atoms with E-state index in [1.165, 1.54) is 11.0 Å². The first-order valence-electron chi connectivity index (χ1n) is 10.5. The fourth-order valence-electron chi connectivity index (χ4n) is 3.35. The van der Waals surface area contributed by atoms with Crippen molar-refractivity contribution in [2.75, 3.05) is 23.7 Å². The Kier molecular flexibility index (Phi) is 9.57. The lowest BCUT2D eigenvalue weighted by Crippen LogP contribution is -2.52. The van der Waals surface area contributed by atoms with E-state index in [9.17, 15) is 18.0 Å². The van der Waals surface area contributed by atoms with Crippen LogP contribution in [0.3, 0.4) is 0 Å². The Bertz CT molecular complexity index is 1090. The Balaban J connectivity index is 2.44. The molecule has 1 atom stereocenters. The third-order valence-corrected chi connectivity index (χ3v) is 6.93. The molecule has 0 aromatic heterocycles. The Morgan fingerprint density at radius 3 is 2.21 bits per heavy atom. The van der Waals surface area contributed by atoms with Gasteiger partial charge >= 0.3 is 0 Å². The summed E-state index contributed by atoms with van der Waals surface area (Å²) in [5.74, 6) is -0.809. The zero-order chi connectivity index (χ0) is 24.8. The van der Waals surface area contributed by atoms with Gasteiger partial charge in [-0.05, 0) is 55.7 Å². The maximum atomic E-state index is 13.5. The third kappa shape index (κ3) is 7.35. The average molecular weight is 514 g/mol. The molecule has 0 radical (unpaired) electrons. The maximum absolute atomic E-state index is 13.5. The fourth-order valence-corrected chi connectivity index (χ4v) is 4.49. The van der Waals surface area contributed by atoms with Crippen molar-refractivity contribution in [1.29, 1.82) is 0 Å². The van der Waals surface area contributed by atoms with Crippen molar-refractivity contribution in [2.24, 2.45) is 0 Å². The monoisotopic (exact) mass is 513 g/mol. The van der Waals surface area contributed by atoms with E-state index >= 15 is 0 Å².